The summed E-state index contributed by atoms with van der Waals surface area (Å²) in [6.45, 7) is 0. The quantitative estimate of drug-likeness (QED) is 0.894. The topological polar surface area (TPSA) is 29.1 Å². The van der Waals surface area contributed by atoms with E-state index in [0.717, 1.165) is 31.2 Å². The van der Waals surface area contributed by atoms with E-state index in [1.165, 1.54) is 0 Å². The highest BCUT2D eigenvalue weighted by molar-refractivity contribution is 6.35. The van der Waals surface area contributed by atoms with Crippen LogP contribution in [0.5, 0.6) is 0 Å². The summed E-state index contributed by atoms with van der Waals surface area (Å²) in [6, 6.07) is 5.48. The van der Waals surface area contributed by atoms with Crippen LogP contribution >= 0.6 is 23.2 Å². The number of hydrogen-bond acceptors (Lipinski definition) is 1. The molecule has 0 radical (unpaired) electrons. The van der Waals surface area contributed by atoms with Gasteiger partial charge >= 0.3 is 0 Å². The van der Waals surface area contributed by atoms with Gasteiger partial charge in [-0.15, -0.1) is 0 Å². The summed E-state index contributed by atoms with van der Waals surface area (Å²) >= 11 is 12.1. The first-order valence-electron chi connectivity index (χ1n) is 5.88. The Morgan fingerprint density at radius 2 is 2.00 bits per heavy atom. The molecule has 0 aromatic heterocycles. The largest absolute Gasteiger partial charge is 0.346 e. The van der Waals surface area contributed by atoms with Crippen LogP contribution < -0.4 is 5.32 Å². The van der Waals surface area contributed by atoms with Crippen molar-refractivity contribution in [3.8, 4) is 0 Å². The van der Waals surface area contributed by atoms with Crippen LogP contribution in [0.2, 0.25) is 10.0 Å². The lowest BCUT2D eigenvalue weighted by atomic mass is 10.0. The maximum Gasteiger partial charge on any atom is 0.223 e. The van der Waals surface area contributed by atoms with Gasteiger partial charge in [0.05, 0.1) is 5.54 Å². The van der Waals surface area contributed by atoms with E-state index in [-0.39, 0.29) is 17.4 Å². The number of hydrogen-bond donors (Lipinski definition) is 1. The molecule has 2 nitrogen and oxygen atoms in total. The molecule has 0 unspecified atom stereocenters. The van der Waals surface area contributed by atoms with E-state index < -0.39 is 0 Å². The molecule has 1 aromatic carbocycles. The number of benzene rings is 1. The zero-order chi connectivity index (χ0) is 12.0. The van der Waals surface area contributed by atoms with Crippen molar-refractivity contribution in [2.45, 2.75) is 31.2 Å². The Labute approximate surface area is 110 Å². The first-order chi connectivity index (χ1) is 8.11. The van der Waals surface area contributed by atoms with Crippen LogP contribution in [0, 0.1) is 5.92 Å². The van der Waals surface area contributed by atoms with Crippen LogP contribution in [-0.4, -0.2) is 5.91 Å². The molecular formula is C13H13Cl2NO. The van der Waals surface area contributed by atoms with Gasteiger partial charge in [-0.3, -0.25) is 4.79 Å². The summed E-state index contributed by atoms with van der Waals surface area (Å²) in [5, 5.41) is 4.41. The highest BCUT2D eigenvalue weighted by Crippen LogP contribution is 2.49. The molecule has 0 bridgehead atoms. The first-order valence-corrected chi connectivity index (χ1v) is 6.64. The summed E-state index contributed by atoms with van der Waals surface area (Å²) in [7, 11) is 0. The third kappa shape index (κ3) is 2.16. The number of halogens is 2. The Hall–Kier alpha value is -0.730. The molecule has 4 heteroatoms. The van der Waals surface area contributed by atoms with Gasteiger partial charge in [-0.1, -0.05) is 29.3 Å². The van der Waals surface area contributed by atoms with Gasteiger partial charge in [-0.05, 0) is 43.4 Å². The van der Waals surface area contributed by atoms with Crippen LogP contribution in [0.4, 0.5) is 0 Å². The van der Waals surface area contributed by atoms with E-state index >= 15 is 0 Å². The Morgan fingerprint density at radius 3 is 2.53 bits per heavy atom. The van der Waals surface area contributed by atoms with Crippen molar-refractivity contribution in [1.29, 1.82) is 0 Å². The fourth-order valence-electron chi connectivity index (χ4n) is 2.15. The van der Waals surface area contributed by atoms with Crippen molar-refractivity contribution in [2.75, 3.05) is 0 Å². The molecule has 0 aliphatic heterocycles. The Bertz CT molecular complexity index is 478. The molecule has 90 valence electrons. The molecule has 1 amide bonds. The van der Waals surface area contributed by atoms with Gasteiger partial charge in [-0.25, -0.2) is 0 Å². The molecule has 2 aliphatic rings. The van der Waals surface area contributed by atoms with Crippen LogP contribution in [0.3, 0.4) is 0 Å². The number of amides is 1. The maximum atomic E-state index is 11.8. The van der Waals surface area contributed by atoms with Crippen LogP contribution in [-0.2, 0) is 10.3 Å². The Morgan fingerprint density at radius 1 is 1.29 bits per heavy atom. The van der Waals surface area contributed by atoms with E-state index in [2.05, 4.69) is 5.32 Å². The highest BCUT2D eigenvalue weighted by Gasteiger charge is 2.48. The lowest BCUT2D eigenvalue weighted by molar-refractivity contribution is -0.123. The van der Waals surface area contributed by atoms with E-state index in [1.807, 2.05) is 12.1 Å². The van der Waals surface area contributed by atoms with Gasteiger partial charge in [-0.2, -0.15) is 0 Å². The maximum absolute atomic E-state index is 11.8. The number of carbonyl (C=O) groups is 1. The predicted molar refractivity (Wildman–Crippen MR) is 68.2 cm³/mol. The molecule has 0 heterocycles. The number of carbonyl (C=O) groups excluding carboxylic acids is 1. The summed E-state index contributed by atoms with van der Waals surface area (Å²) in [5.74, 6) is 0.409. The Kier molecular flexibility index (Phi) is 2.60. The van der Waals surface area contributed by atoms with Crippen molar-refractivity contribution >= 4 is 29.1 Å². The zero-order valence-electron chi connectivity index (χ0n) is 9.30. The molecule has 0 atom stereocenters. The summed E-state index contributed by atoms with van der Waals surface area (Å²) in [5.41, 5.74) is 0.777. The molecule has 2 fully saturated rings. The molecular weight excluding hydrogens is 257 g/mol. The van der Waals surface area contributed by atoms with E-state index in [0.29, 0.717) is 10.0 Å². The van der Waals surface area contributed by atoms with Crippen molar-refractivity contribution in [3.63, 3.8) is 0 Å². The van der Waals surface area contributed by atoms with Gasteiger partial charge in [0, 0.05) is 16.0 Å². The predicted octanol–water partition coefficient (Wildman–Crippen LogP) is 3.51. The van der Waals surface area contributed by atoms with Gasteiger partial charge in [0.2, 0.25) is 5.91 Å². The van der Waals surface area contributed by atoms with Crippen molar-refractivity contribution in [3.05, 3.63) is 33.8 Å². The standard InChI is InChI=1S/C13H13Cl2NO/c14-9-3-4-10(11(15)7-9)13(5-6-13)16-12(17)8-1-2-8/h3-4,7-8H,1-2,5-6H2,(H,16,17). The normalized spacial score (nSPS) is 21.1. The monoisotopic (exact) mass is 269 g/mol. The number of nitrogens with one attached hydrogen (secondary N) is 1. The molecule has 1 N–H and O–H groups in total. The average molecular weight is 270 g/mol. The highest BCUT2D eigenvalue weighted by atomic mass is 35.5. The van der Waals surface area contributed by atoms with Gasteiger partial charge in [0.1, 0.15) is 0 Å². The fraction of sp³-hybridized carbons (Fsp3) is 0.462. The summed E-state index contributed by atoms with van der Waals surface area (Å²) < 4.78 is 0. The number of rotatable bonds is 3. The van der Waals surface area contributed by atoms with Crippen molar-refractivity contribution in [1.82, 2.24) is 5.32 Å². The molecule has 3 rings (SSSR count). The third-order valence-electron chi connectivity index (χ3n) is 3.51. The average Bonchev–Trinajstić information content (AvgIpc) is 3.12. The van der Waals surface area contributed by atoms with E-state index in [1.54, 1.807) is 6.07 Å². The molecule has 0 spiro atoms. The lowest BCUT2D eigenvalue weighted by Crippen LogP contribution is -2.36. The van der Waals surface area contributed by atoms with Crippen molar-refractivity contribution < 1.29 is 4.79 Å². The second-order valence-corrected chi connectivity index (χ2v) is 5.81. The third-order valence-corrected chi connectivity index (χ3v) is 4.06. The lowest BCUT2D eigenvalue weighted by Gasteiger charge is -2.19. The SMILES string of the molecule is O=C(NC1(c2ccc(Cl)cc2Cl)CC1)C1CC1. The van der Waals surface area contributed by atoms with Gasteiger partial charge in [0.15, 0.2) is 0 Å². The minimum atomic E-state index is -0.221. The smallest absolute Gasteiger partial charge is 0.223 e. The van der Waals surface area contributed by atoms with Crippen LogP contribution in [0.1, 0.15) is 31.2 Å². The first kappa shape index (κ1) is 11.4. The summed E-state index contributed by atoms with van der Waals surface area (Å²) in [4.78, 5) is 11.8. The van der Waals surface area contributed by atoms with Gasteiger partial charge < -0.3 is 5.32 Å². The molecule has 2 aliphatic carbocycles. The van der Waals surface area contributed by atoms with Crippen LogP contribution in [0.25, 0.3) is 0 Å². The minimum Gasteiger partial charge on any atom is -0.346 e. The second-order valence-electron chi connectivity index (χ2n) is 4.97. The van der Waals surface area contributed by atoms with E-state index in [4.69, 9.17) is 23.2 Å². The molecule has 0 saturated heterocycles. The second kappa shape index (κ2) is 3.89. The van der Waals surface area contributed by atoms with Gasteiger partial charge in [0.25, 0.3) is 0 Å². The van der Waals surface area contributed by atoms with E-state index in [9.17, 15) is 4.79 Å². The van der Waals surface area contributed by atoms with Crippen LogP contribution in [0.15, 0.2) is 18.2 Å². The molecule has 1 aromatic rings. The Balaban J connectivity index is 1.84. The fourth-order valence-corrected chi connectivity index (χ4v) is 2.74. The minimum absolute atomic E-state index is 0.175. The molecule has 2 saturated carbocycles. The summed E-state index contributed by atoms with van der Waals surface area (Å²) in [6.07, 6.45) is 3.98. The zero-order valence-corrected chi connectivity index (χ0v) is 10.8. The van der Waals surface area contributed by atoms with Crippen molar-refractivity contribution in [2.24, 2.45) is 5.92 Å². The molecule has 17 heavy (non-hydrogen) atoms.